The number of rotatable bonds is 4. The first-order chi connectivity index (χ1) is 13.7. The summed E-state index contributed by atoms with van der Waals surface area (Å²) in [4.78, 5) is 28.0. The topological polar surface area (TPSA) is 78.9 Å². The molecule has 1 saturated carbocycles. The number of nitrogens with one attached hydrogen (secondary N) is 3. The van der Waals surface area contributed by atoms with Crippen molar-refractivity contribution in [1.82, 2.24) is 20.2 Å². The molecule has 1 aromatic heterocycles. The van der Waals surface area contributed by atoms with Crippen molar-refractivity contribution in [2.45, 2.75) is 51.4 Å². The molecule has 2 aliphatic rings. The van der Waals surface area contributed by atoms with Crippen LogP contribution in [-0.4, -0.2) is 15.5 Å². The SMILES string of the molecule is Cl.O=C(NCc1ccc2c(c1)CNC2)c1ccc2c(c1)[nH]c(=O)n2C1CCCC1. The molecule has 6 nitrogen and oxygen atoms in total. The Bertz CT molecular complexity index is 1110. The molecule has 152 valence electrons. The number of carbonyl (C=O) groups is 1. The normalized spacial score (nSPS) is 16.0. The minimum atomic E-state index is -0.130. The van der Waals surface area contributed by atoms with E-state index in [-0.39, 0.29) is 30.0 Å². The van der Waals surface area contributed by atoms with Gasteiger partial charge in [0, 0.05) is 31.2 Å². The molecule has 0 radical (unpaired) electrons. The number of amides is 1. The molecule has 0 bridgehead atoms. The lowest BCUT2D eigenvalue weighted by Crippen LogP contribution is -2.22. The molecule has 1 aliphatic heterocycles. The molecule has 1 aliphatic carbocycles. The monoisotopic (exact) mass is 412 g/mol. The Morgan fingerprint density at radius 1 is 1.07 bits per heavy atom. The zero-order valence-electron chi connectivity index (χ0n) is 16.2. The van der Waals surface area contributed by atoms with E-state index in [1.54, 1.807) is 6.07 Å². The van der Waals surface area contributed by atoms with Crippen LogP contribution in [0.5, 0.6) is 0 Å². The van der Waals surface area contributed by atoms with Gasteiger partial charge in [0.15, 0.2) is 0 Å². The van der Waals surface area contributed by atoms with Crippen LogP contribution in [0.25, 0.3) is 11.0 Å². The zero-order chi connectivity index (χ0) is 19.1. The highest BCUT2D eigenvalue weighted by Gasteiger charge is 2.21. The summed E-state index contributed by atoms with van der Waals surface area (Å²) in [5, 5.41) is 6.32. The van der Waals surface area contributed by atoms with Gasteiger partial charge in [-0.1, -0.05) is 31.0 Å². The van der Waals surface area contributed by atoms with Crippen LogP contribution in [0.4, 0.5) is 0 Å². The van der Waals surface area contributed by atoms with Crippen molar-refractivity contribution in [3.05, 3.63) is 69.1 Å². The quantitative estimate of drug-likeness (QED) is 0.614. The third-order valence-corrected chi connectivity index (χ3v) is 6.02. The van der Waals surface area contributed by atoms with Gasteiger partial charge in [-0.2, -0.15) is 0 Å². The van der Waals surface area contributed by atoms with Gasteiger partial charge in [0.25, 0.3) is 5.91 Å². The molecule has 3 aromatic rings. The number of carbonyl (C=O) groups excluding carboxylic acids is 1. The molecule has 0 saturated heterocycles. The fourth-order valence-electron chi connectivity index (χ4n) is 4.54. The van der Waals surface area contributed by atoms with Gasteiger partial charge in [-0.15, -0.1) is 12.4 Å². The standard InChI is InChI=1S/C22H24N4O2.ClH/c27-21(24-11-14-5-6-16-12-23-13-17(16)9-14)15-7-8-20-19(10-15)25-22(28)26(20)18-3-1-2-4-18;/h5-10,18,23H,1-4,11-13H2,(H,24,27)(H,25,28);1H. The summed E-state index contributed by atoms with van der Waals surface area (Å²) in [5.41, 5.74) is 5.84. The van der Waals surface area contributed by atoms with Crippen molar-refractivity contribution in [1.29, 1.82) is 0 Å². The first-order valence-corrected chi connectivity index (χ1v) is 10.0. The molecule has 0 unspecified atom stereocenters. The predicted octanol–water partition coefficient (Wildman–Crippen LogP) is 3.40. The third-order valence-electron chi connectivity index (χ3n) is 6.02. The van der Waals surface area contributed by atoms with Gasteiger partial charge in [-0.05, 0) is 47.7 Å². The number of imidazole rings is 1. The van der Waals surface area contributed by atoms with Crippen LogP contribution in [0.3, 0.4) is 0 Å². The fourth-order valence-corrected chi connectivity index (χ4v) is 4.54. The van der Waals surface area contributed by atoms with Gasteiger partial charge >= 0.3 is 5.69 Å². The molecule has 3 N–H and O–H groups in total. The summed E-state index contributed by atoms with van der Waals surface area (Å²) in [7, 11) is 0. The van der Waals surface area contributed by atoms with Crippen molar-refractivity contribution in [2.75, 3.05) is 0 Å². The minimum Gasteiger partial charge on any atom is -0.348 e. The second-order valence-corrected chi connectivity index (χ2v) is 7.86. The summed E-state index contributed by atoms with van der Waals surface area (Å²) < 4.78 is 1.86. The van der Waals surface area contributed by atoms with Gasteiger partial charge in [0.2, 0.25) is 0 Å². The van der Waals surface area contributed by atoms with E-state index in [9.17, 15) is 9.59 Å². The second-order valence-electron chi connectivity index (χ2n) is 7.86. The van der Waals surface area contributed by atoms with Crippen LogP contribution in [0.15, 0.2) is 41.2 Å². The Balaban J connectivity index is 0.00000205. The maximum atomic E-state index is 12.6. The predicted molar refractivity (Wildman–Crippen MR) is 115 cm³/mol. The summed E-state index contributed by atoms with van der Waals surface area (Å²) >= 11 is 0. The maximum absolute atomic E-state index is 12.6. The lowest BCUT2D eigenvalue weighted by Gasteiger charge is -2.11. The Labute approximate surface area is 175 Å². The van der Waals surface area contributed by atoms with Crippen molar-refractivity contribution in [3.8, 4) is 0 Å². The Hall–Kier alpha value is -2.57. The number of fused-ring (bicyclic) bond motifs is 2. The molecule has 29 heavy (non-hydrogen) atoms. The molecular weight excluding hydrogens is 388 g/mol. The second kappa shape index (κ2) is 8.05. The summed E-state index contributed by atoms with van der Waals surface area (Å²) in [6, 6.07) is 12.1. The molecule has 1 fully saturated rings. The van der Waals surface area contributed by atoms with E-state index in [0.29, 0.717) is 12.1 Å². The number of hydrogen-bond donors (Lipinski definition) is 3. The van der Waals surface area contributed by atoms with E-state index >= 15 is 0 Å². The summed E-state index contributed by atoms with van der Waals surface area (Å²) in [6.07, 6.45) is 4.43. The fraction of sp³-hybridized carbons (Fsp3) is 0.364. The Morgan fingerprint density at radius 2 is 1.86 bits per heavy atom. The number of H-pyrrole nitrogens is 1. The molecule has 2 aromatic carbocycles. The lowest BCUT2D eigenvalue weighted by molar-refractivity contribution is 0.0951. The van der Waals surface area contributed by atoms with Crippen LogP contribution in [0.1, 0.15) is 58.8 Å². The molecule has 0 atom stereocenters. The van der Waals surface area contributed by atoms with Crippen molar-refractivity contribution in [2.24, 2.45) is 0 Å². The largest absolute Gasteiger partial charge is 0.348 e. The third kappa shape index (κ3) is 3.70. The average Bonchev–Trinajstić information content (AvgIpc) is 3.43. The molecule has 1 amide bonds. The van der Waals surface area contributed by atoms with E-state index in [4.69, 9.17) is 0 Å². The number of aromatic amines is 1. The number of hydrogen-bond acceptors (Lipinski definition) is 3. The minimum absolute atomic E-state index is 0. The molecule has 7 heteroatoms. The number of benzene rings is 2. The highest BCUT2D eigenvalue weighted by Crippen LogP contribution is 2.30. The first-order valence-electron chi connectivity index (χ1n) is 10.0. The van der Waals surface area contributed by atoms with Crippen molar-refractivity contribution >= 4 is 29.3 Å². The summed E-state index contributed by atoms with van der Waals surface area (Å²) in [5.74, 6) is -0.130. The van der Waals surface area contributed by atoms with E-state index < -0.39 is 0 Å². The molecule has 0 spiro atoms. The van der Waals surface area contributed by atoms with Crippen molar-refractivity contribution in [3.63, 3.8) is 0 Å². The zero-order valence-corrected chi connectivity index (χ0v) is 17.0. The molecule has 2 heterocycles. The lowest BCUT2D eigenvalue weighted by atomic mass is 10.1. The van der Waals surface area contributed by atoms with Crippen LogP contribution < -0.4 is 16.3 Å². The van der Waals surface area contributed by atoms with E-state index in [0.717, 1.165) is 42.5 Å². The van der Waals surface area contributed by atoms with Crippen LogP contribution in [0, 0.1) is 0 Å². The van der Waals surface area contributed by atoms with Gasteiger partial charge in [0.05, 0.1) is 11.0 Å². The van der Waals surface area contributed by atoms with Gasteiger partial charge in [-0.25, -0.2) is 4.79 Å². The number of aromatic nitrogens is 2. The first kappa shape index (κ1) is 19.7. The number of halogens is 1. The smallest absolute Gasteiger partial charge is 0.326 e. The van der Waals surface area contributed by atoms with Gasteiger partial charge in [0.1, 0.15) is 0 Å². The Morgan fingerprint density at radius 3 is 2.69 bits per heavy atom. The number of nitrogens with zero attached hydrogens (tertiary/aromatic N) is 1. The maximum Gasteiger partial charge on any atom is 0.326 e. The molecular formula is C22H25ClN4O2. The van der Waals surface area contributed by atoms with Crippen LogP contribution in [0.2, 0.25) is 0 Å². The molecule has 5 rings (SSSR count). The highest BCUT2D eigenvalue weighted by molar-refractivity contribution is 5.97. The van der Waals surface area contributed by atoms with Crippen LogP contribution >= 0.6 is 12.4 Å². The van der Waals surface area contributed by atoms with E-state index in [1.165, 1.54) is 24.0 Å². The Kier molecular flexibility index (Phi) is 5.48. The van der Waals surface area contributed by atoms with E-state index in [2.05, 4.69) is 33.8 Å². The average molecular weight is 413 g/mol. The summed E-state index contributed by atoms with van der Waals surface area (Å²) in [6.45, 7) is 2.30. The van der Waals surface area contributed by atoms with Gasteiger partial charge < -0.3 is 15.6 Å². The van der Waals surface area contributed by atoms with E-state index in [1.807, 2.05) is 16.7 Å². The highest BCUT2D eigenvalue weighted by atomic mass is 35.5. The van der Waals surface area contributed by atoms with Crippen LogP contribution in [-0.2, 0) is 19.6 Å². The van der Waals surface area contributed by atoms with Gasteiger partial charge in [-0.3, -0.25) is 9.36 Å². The van der Waals surface area contributed by atoms with Crippen molar-refractivity contribution < 1.29 is 4.79 Å².